The molecule has 0 radical (unpaired) electrons. The topological polar surface area (TPSA) is 70.7 Å². The van der Waals surface area contributed by atoms with Gasteiger partial charge in [0.15, 0.2) is 0 Å². The van der Waals surface area contributed by atoms with Crippen LogP contribution in [0.15, 0.2) is 0 Å². The summed E-state index contributed by atoms with van der Waals surface area (Å²) in [7, 11) is 0. The van der Waals surface area contributed by atoms with Crippen LogP contribution in [-0.2, 0) is 14.3 Å². The molecule has 0 saturated carbocycles. The molecule has 0 atom stereocenters. The number of hydrogen-bond donors (Lipinski definition) is 2. The van der Waals surface area contributed by atoms with Crippen LogP contribution in [-0.4, -0.2) is 62.7 Å². The van der Waals surface area contributed by atoms with Gasteiger partial charge in [0.2, 0.25) is 11.8 Å². The van der Waals surface area contributed by atoms with E-state index in [0.717, 1.165) is 45.7 Å². The minimum Gasteiger partial charge on any atom is -0.379 e. The molecule has 2 amide bonds. The third kappa shape index (κ3) is 6.34. The molecule has 0 aliphatic carbocycles. The minimum absolute atomic E-state index is 0.0103. The standard InChI is InChI=1S/C14H27N3O3/c1-3-12(4-2)14(19)16-11-13(18)15-5-6-17-7-9-20-10-8-17/h12H,3-11H2,1-2H3,(H,15,18)(H,16,19). The molecule has 1 saturated heterocycles. The highest BCUT2D eigenvalue weighted by Gasteiger charge is 2.15. The predicted molar refractivity (Wildman–Crippen MR) is 77.4 cm³/mol. The molecule has 0 aromatic carbocycles. The third-order valence-electron chi connectivity index (χ3n) is 3.63. The smallest absolute Gasteiger partial charge is 0.239 e. The van der Waals surface area contributed by atoms with Gasteiger partial charge in [0.25, 0.3) is 0 Å². The Balaban J connectivity index is 2.09. The summed E-state index contributed by atoms with van der Waals surface area (Å²) in [5, 5.41) is 5.51. The highest BCUT2D eigenvalue weighted by molar-refractivity contribution is 5.85. The van der Waals surface area contributed by atoms with Crippen LogP contribution in [0.3, 0.4) is 0 Å². The number of amides is 2. The average molecular weight is 285 g/mol. The van der Waals surface area contributed by atoms with Gasteiger partial charge in [-0.1, -0.05) is 13.8 Å². The van der Waals surface area contributed by atoms with Gasteiger partial charge in [-0.05, 0) is 12.8 Å². The van der Waals surface area contributed by atoms with Crippen molar-refractivity contribution >= 4 is 11.8 Å². The van der Waals surface area contributed by atoms with E-state index in [1.807, 2.05) is 13.8 Å². The fraction of sp³-hybridized carbons (Fsp3) is 0.857. The molecule has 1 rings (SSSR count). The van der Waals surface area contributed by atoms with E-state index >= 15 is 0 Å². The van der Waals surface area contributed by atoms with Crippen LogP contribution in [0.2, 0.25) is 0 Å². The first-order valence-electron chi connectivity index (χ1n) is 7.51. The normalized spacial score (nSPS) is 16.1. The molecule has 0 aromatic rings. The van der Waals surface area contributed by atoms with E-state index in [4.69, 9.17) is 4.74 Å². The van der Waals surface area contributed by atoms with E-state index in [1.165, 1.54) is 0 Å². The Morgan fingerprint density at radius 2 is 1.80 bits per heavy atom. The first-order chi connectivity index (χ1) is 9.67. The Bertz CT molecular complexity index is 300. The molecule has 6 nitrogen and oxygen atoms in total. The molecule has 1 aliphatic rings. The summed E-state index contributed by atoms with van der Waals surface area (Å²) in [5.74, 6) is -0.146. The lowest BCUT2D eigenvalue weighted by atomic mass is 10.0. The van der Waals surface area contributed by atoms with E-state index in [-0.39, 0.29) is 24.3 Å². The first kappa shape index (κ1) is 16.9. The molecule has 0 aromatic heterocycles. The average Bonchev–Trinajstić information content (AvgIpc) is 2.47. The number of carbonyl (C=O) groups excluding carboxylic acids is 2. The lowest BCUT2D eigenvalue weighted by Gasteiger charge is -2.26. The van der Waals surface area contributed by atoms with Gasteiger partial charge in [0.05, 0.1) is 19.8 Å². The Hall–Kier alpha value is -1.14. The summed E-state index contributed by atoms with van der Waals surface area (Å²) in [6.45, 7) is 8.83. The molecule has 116 valence electrons. The Kier molecular flexibility index (Phi) is 8.22. The third-order valence-corrected chi connectivity index (χ3v) is 3.63. The fourth-order valence-electron chi connectivity index (χ4n) is 2.21. The van der Waals surface area contributed by atoms with Crippen molar-refractivity contribution in [1.29, 1.82) is 0 Å². The van der Waals surface area contributed by atoms with Crippen molar-refractivity contribution in [3.63, 3.8) is 0 Å². The van der Waals surface area contributed by atoms with Gasteiger partial charge in [-0.25, -0.2) is 0 Å². The first-order valence-corrected chi connectivity index (χ1v) is 7.51. The molecule has 20 heavy (non-hydrogen) atoms. The zero-order valence-corrected chi connectivity index (χ0v) is 12.6. The summed E-state index contributed by atoms with van der Waals surface area (Å²) >= 11 is 0. The second kappa shape index (κ2) is 9.72. The largest absolute Gasteiger partial charge is 0.379 e. The Labute approximate surface area is 121 Å². The van der Waals surface area contributed by atoms with Gasteiger partial charge in [-0.15, -0.1) is 0 Å². The van der Waals surface area contributed by atoms with E-state index in [0.29, 0.717) is 6.54 Å². The van der Waals surface area contributed by atoms with E-state index in [9.17, 15) is 9.59 Å². The molecule has 0 spiro atoms. The molecule has 2 N–H and O–H groups in total. The number of hydrogen-bond acceptors (Lipinski definition) is 4. The zero-order chi connectivity index (χ0) is 14.8. The van der Waals surface area contributed by atoms with Crippen molar-refractivity contribution in [2.24, 2.45) is 5.92 Å². The maximum Gasteiger partial charge on any atom is 0.239 e. The van der Waals surface area contributed by atoms with Crippen molar-refractivity contribution in [3.8, 4) is 0 Å². The number of ether oxygens (including phenoxy) is 1. The summed E-state index contributed by atoms with van der Waals surface area (Å²) in [6.07, 6.45) is 1.61. The number of carbonyl (C=O) groups is 2. The lowest BCUT2D eigenvalue weighted by molar-refractivity contribution is -0.128. The maximum atomic E-state index is 11.7. The Morgan fingerprint density at radius 1 is 1.15 bits per heavy atom. The van der Waals surface area contributed by atoms with Crippen molar-refractivity contribution < 1.29 is 14.3 Å². The fourth-order valence-corrected chi connectivity index (χ4v) is 2.21. The van der Waals surface area contributed by atoms with Gasteiger partial charge in [-0.2, -0.15) is 0 Å². The van der Waals surface area contributed by atoms with Crippen LogP contribution in [0.4, 0.5) is 0 Å². The van der Waals surface area contributed by atoms with Crippen LogP contribution in [0.1, 0.15) is 26.7 Å². The predicted octanol–water partition coefficient (Wildman–Crippen LogP) is -0.0128. The molecule has 0 bridgehead atoms. The van der Waals surface area contributed by atoms with Crippen LogP contribution in [0.5, 0.6) is 0 Å². The van der Waals surface area contributed by atoms with Gasteiger partial charge < -0.3 is 15.4 Å². The van der Waals surface area contributed by atoms with Crippen molar-refractivity contribution in [1.82, 2.24) is 15.5 Å². The summed E-state index contributed by atoms with van der Waals surface area (Å²) < 4.78 is 5.26. The number of nitrogens with one attached hydrogen (secondary N) is 2. The molecule has 1 aliphatic heterocycles. The molecule has 6 heteroatoms. The number of rotatable bonds is 8. The summed E-state index contributed by atoms with van der Waals surface area (Å²) in [4.78, 5) is 25.6. The van der Waals surface area contributed by atoms with Gasteiger partial charge in [0.1, 0.15) is 0 Å². The van der Waals surface area contributed by atoms with Gasteiger partial charge in [-0.3, -0.25) is 14.5 Å². The molecule has 0 unspecified atom stereocenters. The highest BCUT2D eigenvalue weighted by Crippen LogP contribution is 2.06. The number of morpholine rings is 1. The molecular formula is C14H27N3O3. The van der Waals surface area contributed by atoms with E-state index < -0.39 is 0 Å². The maximum absolute atomic E-state index is 11.7. The van der Waals surface area contributed by atoms with Crippen LogP contribution < -0.4 is 10.6 Å². The SMILES string of the molecule is CCC(CC)C(=O)NCC(=O)NCCN1CCOCC1. The monoisotopic (exact) mass is 285 g/mol. The van der Waals surface area contributed by atoms with Crippen molar-refractivity contribution in [3.05, 3.63) is 0 Å². The van der Waals surface area contributed by atoms with E-state index in [1.54, 1.807) is 0 Å². The second-order valence-electron chi connectivity index (χ2n) is 5.04. The molecule has 1 fully saturated rings. The van der Waals surface area contributed by atoms with Gasteiger partial charge in [0, 0.05) is 32.1 Å². The summed E-state index contributed by atoms with van der Waals surface area (Å²) in [5.41, 5.74) is 0. The molecule has 1 heterocycles. The van der Waals surface area contributed by atoms with Gasteiger partial charge >= 0.3 is 0 Å². The van der Waals surface area contributed by atoms with Crippen molar-refractivity contribution in [2.45, 2.75) is 26.7 Å². The summed E-state index contributed by atoms with van der Waals surface area (Å²) in [6, 6.07) is 0. The quantitative estimate of drug-likeness (QED) is 0.658. The lowest BCUT2D eigenvalue weighted by Crippen LogP contribution is -2.44. The van der Waals surface area contributed by atoms with Crippen LogP contribution in [0.25, 0.3) is 0 Å². The highest BCUT2D eigenvalue weighted by atomic mass is 16.5. The Morgan fingerprint density at radius 3 is 2.40 bits per heavy atom. The van der Waals surface area contributed by atoms with E-state index in [2.05, 4.69) is 15.5 Å². The number of nitrogens with zero attached hydrogens (tertiary/aromatic N) is 1. The van der Waals surface area contributed by atoms with Crippen LogP contribution in [0, 0.1) is 5.92 Å². The van der Waals surface area contributed by atoms with Crippen LogP contribution >= 0.6 is 0 Å². The molecular weight excluding hydrogens is 258 g/mol. The second-order valence-corrected chi connectivity index (χ2v) is 5.04. The van der Waals surface area contributed by atoms with Crippen molar-refractivity contribution in [2.75, 3.05) is 45.9 Å². The minimum atomic E-state index is -0.127. The zero-order valence-electron chi connectivity index (χ0n) is 12.6.